The summed E-state index contributed by atoms with van der Waals surface area (Å²) in [6.07, 6.45) is 4.54. The average molecular weight is 150 g/mol. The summed E-state index contributed by atoms with van der Waals surface area (Å²) < 4.78 is 2.00. The van der Waals surface area contributed by atoms with Gasteiger partial charge in [-0.3, -0.25) is 4.79 Å². The van der Waals surface area contributed by atoms with E-state index in [4.69, 9.17) is 0 Å². The summed E-state index contributed by atoms with van der Waals surface area (Å²) in [4.78, 5) is 10.6. The van der Waals surface area contributed by atoms with Crippen molar-refractivity contribution in [3.8, 4) is 0 Å². The number of aryl methyl sites for hydroxylation is 1. The Labute approximate surface area is 66.5 Å². The lowest BCUT2D eigenvalue weighted by molar-refractivity contribution is -0.695. The van der Waals surface area contributed by atoms with Crippen molar-refractivity contribution < 1.29 is 9.36 Å². The van der Waals surface area contributed by atoms with Gasteiger partial charge in [0.25, 0.3) is 0 Å². The summed E-state index contributed by atoms with van der Waals surface area (Å²) in [7, 11) is 0. The van der Waals surface area contributed by atoms with Gasteiger partial charge in [0.05, 0.1) is 6.42 Å². The molecule has 0 saturated carbocycles. The van der Waals surface area contributed by atoms with Crippen LogP contribution >= 0.6 is 0 Å². The number of Topliss-reactive ketones (excluding diaryl/α,β-unsaturated/α-hetero) is 1. The van der Waals surface area contributed by atoms with E-state index in [1.165, 1.54) is 0 Å². The first-order valence-corrected chi connectivity index (χ1v) is 3.72. The predicted octanol–water partition coefficient (Wildman–Crippen LogP) is 0.953. The number of carbonyl (C=O) groups excluding carboxylic acids is 1. The Balaban J connectivity index is 2.45. The summed E-state index contributed by atoms with van der Waals surface area (Å²) in [5.74, 6) is 0.237. The molecule has 11 heavy (non-hydrogen) atoms. The molecule has 0 fully saturated rings. The number of ketones is 1. The van der Waals surface area contributed by atoms with Crippen LogP contribution in [-0.4, -0.2) is 5.78 Å². The van der Waals surface area contributed by atoms with E-state index < -0.39 is 0 Å². The minimum Gasteiger partial charge on any atom is -0.300 e. The average Bonchev–Trinajstić information content (AvgIpc) is 2.03. The Morgan fingerprint density at radius 2 is 1.91 bits per heavy atom. The zero-order valence-electron chi connectivity index (χ0n) is 6.66. The van der Waals surface area contributed by atoms with Crippen LogP contribution in [0.25, 0.3) is 0 Å². The first-order valence-electron chi connectivity index (χ1n) is 3.72. The van der Waals surface area contributed by atoms with E-state index in [0.29, 0.717) is 6.42 Å². The normalized spacial score (nSPS) is 9.55. The van der Waals surface area contributed by atoms with Gasteiger partial charge in [0.1, 0.15) is 5.78 Å². The van der Waals surface area contributed by atoms with Gasteiger partial charge >= 0.3 is 0 Å². The van der Waals surface area contributed by atoms with Crippen LogP contribution in [0.4, 0.5) is 0 Å². The van der Waals surface area contributed by atoms with Gasteiger partial charge in [-0.25, -0.2) is 4.57 Å². The lowest BCUT2D eigenvalue weighted by Gasteiger charge is -1.91. The van der Waals surface area contributed by atoms with Crippen LogP contribution in [0.2, 0.25) is 0 Å². The highest BCUT2D eigenvalue weighted by molar-refractivity contribution is 5.75. The highest BCUT2D eigenvalue weighted by atomic mass is 16.1. The van der Waals surface area contributed by atoms with Crippen molar-refractivity contribution in [2.24, 2.45) is 0 Å². The second kappa shape index (κ2) is 3.86. The van der Waals surface area contributed by atoms with Gasteiger partial charge in [-0.1, -0.05) is 6.07 Å². The van der Waals surface area contributed by atoms with E-state index >= 15 is 0 Å². The van der Waals surface area contributed by atoms with Crippen LogP contribution in [0.1, 0.15) is 13.3 Å². The Bertz CT molecular complexity index is 231. The van der Waals surface area contributed by atoms with Crippen molar-refractivity contribution in [3.05, 3.63) is 30.6 Å². The molecule has 1 heterocycles. The molecule has 0 amide bonds. The van der Waals surface area contributed by atoms with Crippen LogP contribution in [0.3, 0.4) is 0 Å². The van der Waals surface area contributed by atoms with Crippen molar-refractivity contribution in [2.75, 3.05) is 0 Å². The molecule has 0 aliphatic rings. The Kier molecular flexibility index (Phi) is 2.78. The summed E-state index contributed by atoms with van der Waals surface area (Å²) in [6.45, 7) is 2.40. The first kappa shape index (κ1) is 7.92. The third-order valence-electron chi connectivity index (χ3n) is 1.50. The summed E-state index contributed by atoms with van der Waals surface area (Å²) in [5, 5.41) is 0. The van der Waals surface area contributed by atoms with Crippen LogP contribution in [-0.2, 0) is 11.3 Å². The van der Waals surface area contributed by atoms with Crippen LogP contribution in [0.15, 0.2) is 30.6 Å². The topological polar surface area (TPSA) is 20.9 Å². The molecule has 2 heteroatoms. The molecule has 0 spiro atoms. The van der Waals surface area contributed by atoms with Gasteiger partial charge in [0, 0.05) is 12.1 Å². The number of carbonyl (C=O) groups is 1. The quantitative estimate of drug-likeness (QED) is 0.588. The van der Waals surface area contributed by atoms with Crippen LogP contribution < -0.4 is 4.57 Å². The molecule has 0 aliphatic carbocycles. The van der Waals surface area contributed by atoms with Gasteiger partial charge in [-0.15, -0.1) is 0 Å². The van der Waals surface area contributed by atoms with Gasteiger partial charge in [-0.2, -0.15) is 0 Å². The van der Waals surface area contributed by atoms with Crippen molar-refractivity contribution >= 4 is 5.78 Å². The lowest BCUT2D eigenvalue weighted by atomic mass is 10.3. The van der Waals surface area contributed by atoms with E-state index in [0.717, 1.165) is 6.54 Å². The second-order valence-corrected chi connectivity index (χ2v) is 2.57. The zero-order chi connectivity index (χ0) is 8.10. The van der Waals surface area contributed by atoms with E-state index in [9.17, 15) is 4.79 Å². The maximum Gasteiger partial charge on any atom is 0.168 e. The van der Waals surface area contributed by atoms with E-state index in [1.807, 2.05) is 35.2 Å². The molecule has 1 aromatic heterocycles. The summed E-state index contributed by atoms with van der Waals surface area (Å²) in [6, 6.07) is 5.88. The number of hydrogen-bond acceptors (Lipinski definition) is 1. The Morgan fingerprint density at radius 3 is 2.45 bits per heavy atom. The van der Waals surface area contributed by atoms with Crippen LogP contribution in [0, 0.1) is 0 Å². The van der Waals surface area contributed by atoms with Crippen molar-refractivity contribution in [1.82, 2.24) is 0 Å². The molecule has 0 radical (unpaired) electrons. The van der Waals surface area contributed by atoms with Gasteiger partial charge in [0.15, 0.2) is 18.9 Å². The fraction of sp³-hybridized carbons (Fsp3) is 0.333. The highest BCUT2D eigenvalue weighted by Gasteiger charge is 1.99. The molecule has 0 saturated heterocycles. The van der Waals surface area contributed by atoms with Crippen molar-refractivity contribution in [1.29, 1.82) is 0 Å². The molecule has 2 nitrogen and oxygen atoms in total. The maximum atomic E-state index is 10.6. The van der Waals surface area contributed by atoms with E-state index in [1.54, 1.807) is 6.92 Å². The Morgan fingerprint density at radius 1 is 1.27 bits per heavy atom. The number of pyridine rings is 1. The minimum atomic E-state index is 0.237. The second-order valence-electron chi connectivity index (χ2n) is 2.57. The summed E-state index contributed by atoms with van der Waals surface area (Å²) in [5.41, 5.74) is 0. The van der Waals surface area contributed by atoms with Crippen LogP contribution in [0.5, 0.6) is 0 Å². The maximum absolute atomic E-state index is 10.6. The largest absolute Gasteiger partial charge is 0.300 e. The van der Waals surface area contributed by atoms with Gasteiger partial charge in [0.2, 0.25) is 0 Å². The molecule has 0 aromatic carbocycles. The fourth-order valence-electron chi connectivity index (χ4n) is 0.870. The van der Waals surface area contributed by atoms with Crippen molar-refractivity contribution in [2.45, 2.75) is 19.9 Å². The lowest BCUT2D eigenvalue weighted by Crippen LogP contribution is -2.33. The van der Waals surface area contributed by atoms with E-state index in [-0.39, 0.29) is 5.78 Å². The molecule has 0 atom stereocenters. The number of hydrogen-bond donors (Lipinski definition) is 0. The smallest absolute Gasteiger partial charge is 0.168 e. The molecule has 0 bridgehead atoms. The molecular weight excluding hydrogens is 138 g/mol. The summed E-state index contributed by atoms with van der Waals surface area (Å²) >= 11 is 0. The molecule has 0 unspecified atom stereocenters. The SMILES string of the molecule is CC(=O)CC[n+]1ccccc1. The third-order valence-corrected chi connectivity index (χ3v) is 1.50. The number of aromatic nitrogens is 1. The molecular formula is C9H12NO+. The standard InChI is InChI=1S/C9H12NO/c1-9(11)5-8-10-6-3-2-4-7-10/h2-4,6-7H,5,8H2,1H3/q+1. The molecule has 1 aromatic rings. The van der Waals surface area contributed by atoms with E-state index in [2.05, 4.69) is 0 Å². The molecule has 0 aliphatic heterocycles. The first-order chi connectivity index (χ1) is 5.29. The monoisotopic (exact) mass is 150 g/mol. The zero-order valence-corrected chi connectivity index (χ0v) is 6.66. The third kappa shape index (κ3) is 2.94. The van der Waals surface area contributed by atoms with Crippen molar-refractivity contribution in [3.63, 3.8) is 0 Å². The Hall–Kier alpha value is -1.18. The number of nitrogens with zero attached hydrogens (tertiary/aromatic N) is 1. The highest BCUT2D eigenvalue weighted by Crippen LogP contribution is 1.82. The molecule has 58 valence electrons. The predicted molar refractivity (Wildman–Crippen MR) is 41.9 cm³/mol. The van der Waals surface area contributed by atoms with Gasteiger partial charge in [-0.05, 0) is 6.92 Å². The molecule has 1 rings (SSSR count). The minimum absolute atomic E-state index is 0.237. The molecule has 0 N–H and O–H groups in total. The van der Waals surface area contributed by atoms with Gasteiger partial charge < -0.3 is 0 Å². The fourth-order valence-corrected chi connectivity index (χ4v) is 0.870. The number of rotatable bonds is 3.